The molecule has 1 aliphatic rings. The topological polar surface area (TPSA) is 118 Å². The number of piperidine rings is 1. The number of nitrogens with zero attached hydrogens (tertiary/aromatic N) is 3. The number of likely N-dealkylation sites (tertiary alicyclic amines) is 1. The molecule has 2 aromatic carbocycles. The molecule has 2 aromatic rings. The number of hydrogen-bond donors (Lipinski definition) is 4. The molecule has 1 heterocycles. The molecule has 1 fully saturated rings. The van der Waals surface area contributed by atoms with E-state index in [1.807, 2.05) is 24.3 Å². The molecule has 0 radical (unpaired) electrons. The molecule has 1 aliphatic heterocycles. The Kier molecular flexibility index (Phi) is 6.27. The first kappa shape index (κ1) is 18.7. The molecule has 0 aliphatic carbocycles. The number of aliphatic imine (C=N–C) groups is 2. The number of anilines is 1. The van der Waals surface area contributed by atoms with Crippen molar-refractivity contribution in [2.24, 2.45) is 27.2 Å². The largest absolute Gasteiger partial charge is 0.380 e. The maximum atomic E-state index is 5.77. The summed E-state index contributed by atoms with van der Waals surface area (Å²) < 4.78 is 0. The van der Waals surface area contributed by atoms with Crippen molar-refractivity contribution in [1.29, 1.82) is 0 Å². The van der Waals surface area contributed by atoms with Gasteiger partial charge in [-0.15, -0.1) is 0 Å². The summed E-state index contributed by atoms with van der Waals surface area (Å²) in [7, 11) is 0. The molecular weight excluding hydrogens is 338 g/mol. The summed E-state index contributed by atoms with van der Waals surface area (Å²) in [6, 6.07) is 18.8. The highest BCUT2D eigenvalue weighted by molar-refractivity contribution is 5.94. The van der Waals surface area contributed by atoms with Crippen LogP contribution in [0.15, 0.2) is 64.6 Å². The zero-order valence-electron chi connectivity index (χ0n) is 15.4. The number of rotatable bonds is 5. The number of hydrogen-bond acceptors (Lipinski definition) is 3. The van der Waals surface area contributed by atoms with E-state index >= 15 is 0 Å². The van der Waals surface area contributed by atoms with Gasteiger partial charge in [-0.05, 0) is 30.5 Å². The Morgan fingerprint density at radius 1 is 0.963 bits per heavy atom. The van der Waals surface area contributed by atoms with Crippen LogP contribution in [0.2, 0.25) is 0 Å². The van der Waals surface area contributed by atoms with Crippen molar-refractivity contribution in [3.05, 3.63) is 60.2 Å². The molecule has 0 amide bonds. The van der Waals surface area contributed by atoms with E-state index in [0.29, 0.717) is 6.04 Å². The fourth-order valence-corrected chi connectivity index (χ4v) is 3.27. The number of nitrogens with one attached hydrogen (secondary N) is 1. The predicted molar refractivity (Wildman–Crippen MR) is 112 cm³/mol. The van der Waals surface area contributed by atoms with Crippen LogP contribution in [-0.4, -0.2) is 36.0 Å². The number of nitrogens with two attached hydrogens (primary N) is 3. The van der Waals surface area contributed by atoms with Gasteiger partial charge < -0.3 is 22.5 Å². The Bertz CT molecular complexity index is 789. The summed E-state index contributed by atoms with van der Waals surface area (Å²) in [5.74, 6) is -0.0607. The standard InChI is InChI=1S/C20H27N7/c21-19(22)26-20(23)25-18-9-5-4-8-17(18)24-16-10-12-27(13-11-16)14-15-6-2-1-3-7-15/h1-9,16,24H,10-14H2,(H6,21,22,23,25,26). The summed E-state index contributed by atoms with van der Waals surface area (Å²) in [5, 5.41) is 3.59. The number of para-hydroxylation sites is 2. The Balaban J connectivity index is 1.58. The summed E-state index contributed by atoms with van der Waals surface area (Å²) >= 11 is 0. The first-order valence-corrected chi connectivity index (χ1v) is 9.16. The molecule has 7 nitrogen and oxygen atoms in total. The molecule has 0 saturated carbocycles. The van der Waals surface area contributed by atoms with Crippen LogP contribution in [0.1, 0.15) is 18.4 Å². The maximum Gasteiger partial charge on any atom is 0.223 e. The highest BCUT2D eigenvalue weighted by atomic mass is 15.1. The molecule has 27 heavy (non-hydrogen) atoms. The monoisotopic (exact) mass is 365 g/mol. The van der Waals surface area contributed by atoms with E-state index in [-0.39, 0.29) is 11.9 Å². The van der Waals surface area contributed by atoms with Crippen LogP contribution in [-0.2, 0) is 6.54 Å². The van der Waals surface area contributed by atoms with Crippen LogP contribution in [0.5, 0.6) is 0 Å². The van der Waals surface area contributed by atoms with E-state index in [9.17, 15) is 0 Å². The van der Waals surface area contributed by atoms with Gasteiger partial charge in [-0.1, -0.05) is 42.5 Å². The van der Waals surface area contributed by atoms with Crippen molar-refractivity contribution in [2.45, 2.75) is 25.4 Å². The highest BCUT2D eigenvalue weighted by Gasteiger charge is 2.19. The fourth-order valence-electron chi connectivity index (χ4n) is 3.27. The van der Waals surface area contributed by atoms with E-state index in [0.717, 1.165) is 43.9 Å². The Hall–Kier alpha value is -3.06. The van der Waals surface area contributed by atoms with Gasteiger partial charge in [0, 0.05) is 25.7 Å². The van der Waals surface area contributed by atoms with Gasteiger partial charge in [0.05, 0.1) is 11.4 Å². The van der Waals surface area contributed by atoms with E-state index in [1.165, 1.54) is 5.56 Å². The summed E-state index contributed by atoms with van der Waals surface area (Å²) in [6.07, 6.45) is 2.16. The van der Waals surface area contributed by atoms with Crippen LogP contribution in [0.4, 0.5) is 11.4 Å². The normalized spacial score (nSPS) is 16.1. The Labute approximate surface area is 160 Å². The molecule has 0 bridgehead atoms. The van der Waals surface area contributed by atoms with Gasteiger partial charge >= 0.3 is 0 Å². The third-order valence-electron chi connectivity index (χ3n) is 4.58. The SMILES string of the molecule is NC(N)=NC(N)=Nc1ccccc1NC1CCN(Cc2ccccc2)CC1. The van der Waals surface area contributed by atoms with Crippen molar-refractivity contribution < 1.29 is 0 Å². The van der Waals surface area contributed by atoms with Gasteiger partial charge in [0.2, 0.25) is 5.96 Å². The third-order valence-corrected chi connectivity index (χ3v) is 4.58. The summed E-state index contributed by atoms with van der Waals surface area (Å²) in [4.78, 5) is 10.6. The molecule has 7 N–H and O–H groups in total. The van der Waals surface area contributed by atoms with Gasteiger partial charge in [-0.25, -0.2) is 4.99 Å². The van der Waals surface area contributed by atoms with Gasteiger partial charge in [0.1, 0.15) is 0 Å². The van der Waals surface area contributed by atoms with Crippen LogP contribution >= 0.6 is 0 Å². The van der Waals surface area contributed by atoms with Crippen molar-refractivity contribution in [2.75, 3.05) is 18.4 Å². The average Bonchev–Trinajstić information content (AvgIpc) is 2.65. The first-order valence-electron chi connectivity index (χ1n) is 9.16. The second kappa shape index (κ2) is 9.05. The highest BCUT2D eigenvalue weighted by Crippen LogP contribution is 2.27. The van der Waals surface area contributed by atoms with Gasteiger partial charge in [0.25, 0.3) is 0 Å². The van der Waals surface area contributed by atoms with E-state index < -0.39 is 0 Å². The second-order valence-corrected chi connectivity index (χ2v) is 6.70. The molecule has 0 aromatic heterocycles. The third kappa shape index (κ3) is 5.72. The lowest BCUT2D eigenvalue weighted by Crippen LogP contribution is -2.38. The predicted octanol–water partition coefficient (Wildman–Crippen LogP) is 1.98. The molecule has 0 spiro atoms. The number of benzene rings is 2. The summed E-state index contributed by atoms with van der Waals surface area (Å²) in [6.45, 7) is 3.13. The van der Waals surface area contributed by atoms with Crippen LogP contribution < -0.4 is 22.5 Å². The van der Waals surface area contributed by atoms with E-state index in [1.54, 1.807) is 0 Å². The molecule has 142 valence electrons. The van der Waals surface area contributed by atoms with Crippen molar-refractivity contribution >= 4 is 23.3 Å². The lowest BCUT2D eigenvalue weighted by atomic mass is 10.0. The maximum absolute atomic E-state index is 5.77. The number of guanidine groups is 2. The minimum atomic E-state index is -0.104. The smallest absolute Gasteiger partial charge is 0.223 e. The quantitative estimate of drug-likeness (QED) is 0.477. The minimum absolute atomic E-state index is 0.0435. The first-order chi connectivity index (χ1) is 13.1. The Morgan fingerprint density at radius 3 is 2.33 bits per heavy atom. The van der Waals surface area contributed by atoms with Crippen molar-refractivity contribution in [3.63, 3.8) is 0 Å². The minimum Gasteiger partial charge on any atom is -0.380 e. The molecule has 7 heteroatoms. The lowest BCUT2D eigenvalue weighted by Gasteiger charge is -2.33. The van der Waals surface area contributed by atoms with Crippen molar-refractivity contribution in [1.82, 2.24) is 4.90 Å². The fraction of sp³-hybridized carbons (Fsp3) is 0.300. The van der Waals surface area contributed by atoms with Crippen LogP contribution in [0, 0.1) is 0 Å². The zero-order chi connectivity index (χ0) is 19.1. The molecule has 1 saturated heterocycles. The average molecular weight is 365 g/mol. The van der Waals surface area contributed by atoms with E-state index in [2.05, 4.69) is 50.5 Å². The molecule has 3 rings (SSSR count). The second-order valence-electron chi connectivity index (χ2n) is 6.70. The Morgan fingerprint density at radius 2 is 1.63 bits per heavy atom. The van der Waals surface area contributed by atoms with Gasteiger partial charge in [-0.3, -0.25) is 4.90 Å². The molecule has 0 unspecified atom stereocenters. The van der Waals surface area contributed by atoms with Gasteiger partial charge in [0.15, 0.2) is 5.96 Å². The lowest BCUT2D eigenvalue weighted by molar-refractivity contribution is 0.211. The summed E-state index contributed by atoms with van der Waals surface area (Å²) in [5.41, 5.74) is 19.5. The molecule has 0 atom stereocenters. The zero-order valence-corrected chi connectivity index (χ0v) is 15.4. The van der Waals surface area contributed by atoms with Crippen LogP contribution in [0.25, 0.3) is 0 Å². The van der Waals surface area contributed by atoms with Gasteiger partial charge in [-0.2, -0.15) is 4.99 Å². The molecular formula is C20H27N7. The van der Waals surface area contributed by atoms with E-state index in [4.69, 9.17) is 17.2 Å². The van der Waals surface area contributed by atoms with Crippen LogP contribution in [0.3, 0.4) is 0 Å². The van der Waals surface area contributed by atoms with Crippen molar-refractivity contribution in [3.8, 4) is 0 Å².